The minimum Gasteiger partial charge on any atom is -0.480 e. The van der Waals surface area contributed by atoms with Gasteiger partial charge in [0, 0.05) is 13.0 Å². The molecule has 0 saturated carbocycles. The number of nitrogens with one attached hydrogen (secondary N) is 1. The second-order valence-electron chi connectivity index (χ2n) is 2.78. The molecule has 4 heteroatoms. The molecule has 0 aromatic heterocycles. The molecule has 12 heavy (non-hydrogen) atoms. The number of hydrogen-bond donors (Lipinski definition) is 1. The molecule has 4 nitrogen and oxygen atoms in total. The third kappa shape index (κ3) is 2.22. The maximum atomic E-state index is 11.1. The molecule has 1 aliphatic rings. The molecule has 0 radical (unpaired) electrons. The van der Waals surface area contributed by atoms with Gasteiger partial charge in [-0.15, -0.1) is 0 Å². The Balaban J connectivity index is 2.30. The minimum atomic E-state index is 0.138. The molecule has 0 spiro atoms. The summed E-state index contributed by atoms with van der Waals surface area (Å²) in [7, 11) is 0. The Hall–Kier alpha value is -1.06. The van der Waals surface area contributed by atoms with Crippen LogP contribution < -0.4 is 0 Å². The quantitative estimate of drug-likeness (QED) is 0.498. The minimum absolute atomic E-state index is 0.138. The smallest absolute Gasteiger partial charge is 0.223 e. The Bertz CT molecular complexity index is 191. The van der Waals surface area contributed by atoms with Crippen LogP contribution in [0.3, 0.4) is 0 Å². The van der Waals surface area contributed by atoms with E-state index in [0.717, 1.165) is 13.0 Å². The highest BCUT2D eigenvalue weighted by Crippen LogP contribution is 2.08. The standard InChI is InChI=1S/C8H14N2O2/c1-2-12-7(9)6-10-5-3-4-8(10)11/h9H,2-6H2,1H3. The number of amides is 1. The lowest BCUT2D eigenvalue weighted by molar-refractivity contribution is -0.127. The SMILES string of the molecule is CCOC(=N)CN1CCCC1=O. The summed E-state index contributed by atoms with van der Waals surface area (Å²) >= 11 is 0. The summed E-state index contributed by atoms with van der Waals surface area (Å²) in [4.78, 5) is 12.8. The van der Waals surface area contributed by atoms with Crippen molar-refractivity contribution in [2.45, 2.75) is 19.8 Å². The molecule has 1 amide bonds. The predicted molar refractivity (Wildman–Crippen MR) is 45.2 cm³/mol. The topological polar surface area (TPSA) is 53.4 Å². The number of carbonyl (C=O) groups excluding carboxylic acids is 1. The van der Waals surface area contributed by atoms with E-state index in [2.05, 4.69) is 0 Å². The van der Waals surface area contributed by atoms with Crippen LogP contribution >= 0.6 is 0 Å². The van der Waals surface area contributed by atoms with E-state index in [1.54, 1.807) is 4.90 Å². The summed E-state index contributed by atoms with van der Waals surface area (Å²) in [6.45, 7) is 3.45. The van der Waals surface area contributed by atoms with Gasteiger partial charge in [0.2, 0.25) is 11.8 Å². The zero-order valence-corrected chi connectivity index (χ0v) is 7.30. The third-order valence-electron chi connectivity index (χ3n) is 1.82. The monoisotopic (exact) mass is 170 g/mol. The molecule has 1 saturated heterocycles. The van der Waals surface area contributed by atoms with Crippen LogP contribution in [0.15, 0.2) is 0 Å². The van der Waals surface area contributed by atoms with E-state index in [0.29, 0.717) is 19.6 Å². The first-order chi connectivity index (χ1) is 5.74. The molecular formula is C8H14N2O2. The summed E-state index contributed by atoms with van der Waals surface area (Å²) in [6.07, 6.45) is 1.54. The molecule has 1 aliphatic heterocycles. The second-order valence-corrected chi connectivity index (χ2v) is 2.78. The summed E-state index contributed by atoms with van der Waals surface area (Å²) < 4.78 is 4.94. The van der Waals surface area contributed by atoms with Crippen molar-refractivity contribution in [3.63, 3.8) is 0 Å². The highest BCUT2D eigenvalue weighted by molar-refractivity contribution is 5.84. The van der Waals surface area contributed by atoms with Crippen molar-refractivity contribution < 1.29 is 9.53 Å². The van der Waals surface area contributed by atoms with Gasteiger partial charge in [0.1, 0.15) is 0 Å². The second kappa shape index (κ2) is 4.09. The number of hydrogen-bond acceptors (Lipinski definition) is 3. The van der Waals surface area contributed by atoms with Crippen molar-refractivity contribution in [2.75, 3.05) is 19.7 Å². The van der Waals surface area contributed by atoms with E-state index in [9.17, 15) is 4.79 Å². The molecule has 0 bridgehead atoms. The maximum Gasteiger partial charge on any atom is 0.223 e. The van der Waals surface area contributed by atoms with Gasteiger partial charge in [-0.2, -0.15) is 0 Å². The molecule has 0 atom stereocenters. The van der Waals surface area contributed by atoms with E-state index in [-0.39, 0.29) is 11.8 Å². The first kappa shape index (κ1) is 9.03. The van der Waals surface area contributed by atoms with Crippen LogP contribution in [0.1, 0.15) is 19.8 Å². The average Bonchev–Trinajstić information content (AvgIpc) is 2.37. The van der Waals surface area contributed by atoms with Gasteiger partial charge >= 0.3 is 0 Å². The molecule has 1 fully saturated rings. The number of rotatable bonds is 3. The fourth-order valence-corrected chi connectivity index (χ4v) is 1.26. The van der Waals surface area contributed by atoms with Crippen molar-refractivity contribution in [1.82, 2.24) is 4.90 Å². The summed E-state index contributed by atoms with van der Waals surface area (Å²) in [5.41, 5.74) is 0. The van der Waals surface area contributed by atoms with Crippen molar-refractivity contribution in [3.05, 3.63) is 0 Å². The van der Waals surface area contributed by atoms with Crippen molar-refractivity contribution in [3.8, 4) is 0 Å². The van der Waals surface area contributed by atoms with E-state index < -0.39 is 0 Å². The fourth-order valence-electron chi connectivity index (χ4n) is 1.26. The Morgan fingerprint density at radius 2 is 2.50 bits per heavy atom. The van der Waals surface area contributed by atoms with E-state index in [1.165, 1.54) is 0 Å². The lowest BCUT2D eigenvalue weighted by Gasteiger charge is -2.15. The molecule has 0 aliphatic carbocycles. The molecule has 0 aromatic rings. The molecule has 1 rings (SSSR count). The Kier molecular flexibility index (Phi) is 3.08. The van der Waals surface area contributed by atoms with Gasteiger partial charge in [-0.3, -0.25) is 10.2 Å². The Morgan fingerprint density at radius 1 is 1.75 bits per heavy atom. The normalized spacial score (nSPS) is 16.8. The lowest BCUT2D eigenvalue weighted by Crippen LogP contribution is -2.31. The number of ether oxygens (including phenoxy) is 1. The van der Waals surface area contributed by atoms with Crippen LogP contribution in [0.4, 0.5) is 0 Å². The van der Waals surface area contributed by atoms with Gasteiger partial charge in [-0.1, -0.05) is 0 Å². The van der Waals surface area contributed by atoms with Crippen molar-refractivity contribution in [1.29, 1.82) is 5.41 Å². The van der Waals surface area contributed by atoms with Crippen molar-refractivity contribution in [2.24, 2.45) is 0 Å². The fraction of sp³-hybridized carbons (Fsp3) is 0.750. The van der Waals surface area contributed by atoms with Gasteiger partial charge in [-0.25, -0.2) is 0 Å². The van der Waals surface area contributed by atoms with Crippen LogP contribution in [-0.2, 0) is 9.53 Å². The molecule has 0 aromatic carbocycles. The average molecular weight is 170 g/mol. The molecule has 1 heterocycles. The summed E-state index contributed by atoms with van der Waals surface area (Å²) in [5, 5.41) is 7.33. The zero-order valence-electron chi connectivity index (χ0n) is 7.30. The summed E-state index contributed by atoms with van der Waals surface area (Å²) in [5.74, 6) is 0.326. The van der Waals surface area contributed by atoms with Gasteiger partial charge in [0.15, 0.2) is 0 Å². The van der Waals surface area contributed by atoms with Crippen LogP contribution in [0.2, 0.25) is 0 Å². The van der Waals surface area contributed by atoms with E-state index in [1.807, 2.05) is 6.92 Å². The maximum absolute atomic E-state index is 11.1. The van der Waals surface area contributed by atoms with Crippen molar-refractivity contribution >= 4 is 11.8 Å². The highest BCUT2D eigenvalue weighted by Gasteiger charge is 2.21. The summed E-state index contributed by atoms with van der Waals surface area (Å²) in [6, 6.07) is 0. The molecule has 68 valence electrons. The van der Waals surface area contributed by atoms with Crippen LogP contribution in [0.5, 0.6) is 0 Å². The van der Waals surface area contributed by atoms with E-state index in [4.69, 9.17) is 10.1 Å². The van der Waals surface area contributed by atoms with Gasteiger partial charge < -0.3 is 9.64 Å². The zero-order chi connectivity index (χ0) is 8.97. The van der Waals surface area contributed by atoms with Crippen LogP contribution in [-0.4, -0.2) is 36.4 Å². The largest absolute Gasteiger partial charge is 0.480 e. The Morgan fingerprint density at radius 3 is 3.00 bits per heavy atom. The highest BCUT2D eigenvalue weighted by atomic mass is 16.5. The molecule has 0 unspecified atom stereocenters. The molecular weight excluding hydrogens is 156 g/mol. The van der Waals surface area contributed by atoms with Crippen LogP contribution in [0, 0.1) is 5.41 Å². The Labute approximate surface area is 72.0 Å². The number of nitrogens with zero attached hydrogens (tertiary/aromatic N) is 1. The van der Waals surface area contributed by atoms with Gasteiger partial charge in [0.05, 0.1) is 13.2 Å². The first-order valence-electron chi connectivity index (χ1n) is 4.22. The third-order valence-corrected chi connectivity index (χ3v) is 1.82. The van der Waals surface area contributed by atoms with E-state index >= 15 is 0 Å². The predicted octanol–water partition coefficient (Wildman–Crippen LogP) is 0.623. The van der Waals surface area contributed by atoms with Gasteiger partial charge in [-0.05, 0) is 13.3 Å². The number of carbonyl (C=O) groups is 1. The van der Waals surface area contributed by atoms with Crippen LogP contribution in [0.25, 0.3) is 0 Å². The van der Waals surface area contributed by atoms with Gasteiger partial charge in [0.25, 0.3) is 0 Å². The first-order valence-corrected chi connectivity index (χ1v) is 4.22. The number of likely N-dealkylation sites (tertiary alicyclic amines) is 1. The molecule has 1 N–H and O–H groups in total. The lowest BCUT2D eigenvalue weighted by atomic mass is 10.4.